The van der Waals surface area contributed by atoms with Crippen LogP contribution in [-0.4, -0.2) is 22.2 Å². The van der Waals surface area contributed by atoms with Gasteiger partial charge in [-0.25, -0.2) is 0 Å². The zero-order valence-corrected chi connectivity index (χ0v) is 17.7. The van der Waals surface area contributed by atoms with Gasteiger partial charge in [0.1, 0.15) is 0 Å². The van der Waals surface area contributed by atoms with E-state index in [4.69, 9.17) is 0 Å². The Hall–Kier alpha value is -3.99. The van der Waals surface area contributed by atoms with Crippen molar-refractivity contribution in [2.75, 3.05) is 4.90 Å². The van der Waals surface area contributed by atoms with E-state index in [0.29, 0.717) is 17.8 Å². The number of anilines is 1. The average molecular weight is 422 g/mol. The first kappa shape index (κ1) is 19.9. The first-order valence-corrected chi connectivity index (χ1v) is 10.6. The molecule has 2 amide bonds. The number of hydrogen-bond donors (Lipinski definition) is 0. The van der Waals surface area contributed by atoms with E-state index in [1.807, 2.05) is 60.8 Å². The van der Waals surface area contributed by atoms with Crippen LogP contribution in [0.5, 0.6) is 0 Å². The Morgan fingerprint density at radius 2 is 1.62 bits per heavy atom. The van der Waals surface area contributed by atoms with Crippen molar-refractivity contribution in [3.8, 4) is 0 Å². The van der Waals surface area contributed by atoms with Gasteiger partial charge in [0.25, 0.3) is 0 Å². The van der Waals surface area contributed by atoms with Crippen LogP contribution in [0.4, 0.5) is 5.69 Å². The number of rotatable bonds is 5. The van der Waals surface area contributed by atoms with E-state index in [1.165, 1.54) is 11.8 Å². The van der Waals surface area contributed by atoms with Crippen LogP contribution < -0.4 is 4.90 Å². The summed E-state index contributed by atoms with van der Waals surface area (Å²) in [6.07, 6.45) is 2.08. The predicted octanol–water partition coefficient (Wildman–Crippen LogP) is 4.94. The highest BCUT2D eigenvalue weighted by Crippen LogP contribution is 2.38. The van der Waals surface area contributed by atoms with Gasteiger partial charge in [0.05, 0.1) is 11.6 Å². The van der Waals surface area contributed by atoms with Crippen molar-refractivity contribution in [3.05, 3.63) is 102 Å². The molecular formula is C27H22N2O3. The van der Waals surface area contributed by atoms with Gasteiger partial charge in [-0.05, 0) is 48.4 Å². The molecule has 1 aromatic heterocycles. The number of aromatic nitrogens is 1. The maximum absolute atomic E-state index is 13.4. The fourth-order valence-electron chi connectivity index (χ4n) is 4.46. The average Bonchev–Trinajstić information content (AvgIpc) is 3.31. The molecule has 1 aliphatic heterocycles. The Balaban J connectivity index is 1.61. The Kier molecular flexibility index (Phi) is 4.94. The molecule has 1 atom stereocenters. The van der Waals surface area contributed by atoms with Gasteiger partial charge in [0.15, 0.2) is 5.78 Å². The monoisotopic (exact) mass is 422 g/mol. The lowest BCUT2D eigenvalue weighted by molar-refractivity contribution is -0.121. The number of ketones is 1. The highest BCUT2D eigenvalue weighted by atomic mass is 16.2. The fraction of sp³-hybridized carbons (Fsp3) is 0.148. The molecule has 158 valence electrons. The van der Waals surface area contributed by atoms with Crippen LogP contribution in [0, 0.1) is 0 Å². The van der Waals surface area contributed by atoms with Gasteiger partial charge in [-0.15, -0.1) is 0 Å². The molecule has 4 aromatic rings. The van der Waals surface area contributed by atoms with E-state index in [1.54, 1.807) is 12.1 Å². The number of nitrogens with zero attached hydrogens (tertiary/aromatic N) is 2. The lowest BCUT2D eigenvalue weighted by Gasteiger charge is -2.14. The van der Waals surface area contributed by atoms with Crippen molar-refractivity contribution in [1.82, 2.24) is 4.57 Å². The number of Topliss-reactive ketones (excluding diaryl/α,β-unsaturated/α-hetero) is 1. The van der Waals surface area contributed by atoms with Crippen molar-refractivity contribution in [1.29, 1.82) is 0 Å². The van der Waals surface area contributed by atoms with Crippen LogP contribution in [0.2, 0.25) is 0 Å². The minimum atomic E-state index is -0.579. The number of para-hydroxylation sites is 1. The highest BCUT2D eigenvalue weighted by molar-refractivity contribution is 6.23. The molecule has 1 fully saturated rings. The molecule has 0 saturated carbocycles. The largest absolute Gasteiger partial charge is 0.343 e. The Morgan fingerprint density at radius 3 is 2.31 bits per heavy atom. The molecule has 5 nitrogen and oxygen atoms in total. The van der Waals surface area contributed by atoms with Crippen molar-refractivity contribution in [3.63, 3.8) is 0 Å². The Morgan fingerprint density at radius 1 is 0.938 bits per heavy atom. The predicted molar refractivity (Wildman–Crippen MR) is 124 cm³/mol. The molecule has 0 bridgehead atoms. The number of benzene rings is 3. The SMILES string of the molecule is CC(=O)c1ccc2c(c1)c(C1CC(=O)N(c3ccccc3)C1=O)cn2Cc1ccccc1. The molecule has 0 spiro atoms. The summed E-state index contributed by atoms with van der Waals surface area (Å²) in [6, 6.07) is 24.7. The normalized spacial score (nSPS) is 16.2. The highest BCUT2D eigenvalue weighted by Gasteiger charge is 2.41. The Bertz CT molecular complexity index is 1340. The second-order valence-electron chi connectivity index (χ2n) is 8.15. The number of amides is 2. The zero-order valence-electron chi connectivity index (χ0n) is 17.7. The third-order valence-corrected chi connectivity index (χ3v) is 6.05. The van der Waals surface area contributed by atoms with Crippen LogP contribution in [0.15, 0.2) is 85.1 Å². The molecule has 1 aliphatic rings. The van der Waals surface area contributed by atoms with Crippen molar-refractivity contribution in [2.24, 2.45) is 0 Å². The summed E-state index contributed by atoms with van der Waals surface area (Å²) in [5.41, 5.74) is 4.03. The molecule has 0 aliphatic carbocycles. The van der Waals surface area contributed by atoms with Crippen LogP contribution in [0.1, 0.15) is 40.7 Å². The molecule has 1 saturated heterocycles. The van der Waals surface area contributed by atoms with Gasteiger partial charge in [-0.1, -0.05) is 48.5 Å². The molecule has 5 heteroatoms. The first-order valence-electron chi connectivity index (χ1n) is 10.6. The second kappa shape index (κ2) is 7.93. The maximum atomic E-state index is 13.4. The summed E-state index contributed by atoms with van der Waals surface area (Å²) in [5.74, 6) is -1.05. The van der Waals surface area contributed by atoms with E-state index in [-0.39, 0.29) is 24.0 Å². The summed E-state index contributed by atoms with van der Waals surface area (Å²) >= 11 is 0. The standard InChI is InChI=1S/C27H22N2O3/c1-18(30)20-12-13-25-22(14-20)24(17-28(25)16-19-8-4-2-5-9-19)23-15-26(31)29(27(23)32)21-10-6-3-7-11-21/h2-14,17,23H,15-16H2,1H3. The number of hydrogen-bond acceptors (Lipinski definition) is 3. The molecule has 0 N–H and O–H groups in total. The van der Waals surface area contributed by atoms with Gasteiger partial charge >= 0.3 is 0 Å². The molecule has 2 heterocycles. The maximum Gasteiger partial charge on any atom is 0.241 e. The smallest absolute Gasteiger partial charge is 0.241 e. The summed E-state index contributed by atoms with van der Waals surface area (Å²) in [4.78, 5) is 39.5. The van der Waals surface area contributed by atoms with Gasteiger partial charge in [-0.2, -0.15) is 0 Å². The molecular weight excluding hydrogens is 400 g/mol. The Labute approximate surface area is 185 Å². The summed E-state index contributed by atoms with van der Waals surface area (Å²) in [6.45, 7) is 2.16. The quantitative estimate of drug-likeness (QED) is 0.338. The third kappa shape index (κ3) is 3.42. The van der Waals surface area contributed by atoms with Gasteiger partial charge in [-0.3, -0.25) is 19.3 Å². The summed E-state index contributed by atoms with van der Waals surface area (Å²) < 4.78 is 2.09. The van der Waals surface area contributed by atoms with Gasteiger partial charge in [0, 0.05) is 35.6 Å². The van der Waals surface area contributed by atoms with Crippen LogP contribution >= 0.6 is 0 Å². The molecule has 3 aromatic carbocycles. The van der Waals surface area contributed by atoms with Crippen LogP contribution in [0.3, 0.4) is 0 Å². The lowest BCUT2D eigenvalue weighted by Crippen LogP contribution is -2.29. The van der Waals surface area contributed by atoms with E-state index in [2.05, 4.69) is 16.7 Å². The number of carbonyl (C=O) groups is 3. The summed E-state index contributed by atoms with van der Waals surface area (Å²) in [5, 5.41) is 0.842. The van der Waals surface area contributed by atoms with Crippen molar-refractivity contribution >= 4 is 34.2 Å². The van der Waals surface area contributed by atoms with Crippen LogP contribution in [-0.2, 0) is 16.1 Å². The molecule has 0 radical (unpaired) electrons. The minimum Gasteiger partial charge on any atom is -0.343 e. The first-order chi connectivity index (χ1) is 15.5. The van der Waals surface area contributed by atoms with Crippen molar-refractivity contribution in [2.45, 2.75) is 25.8 Å². The fourth-order valence-corrected chi connectivity index (χ4v) is 4.46. The number of imide groups is 1. The van der Waals surface area contributed by atoms with Gasteiger partial charge in [0.2, 0.25) is 11.8 Å². The van der Waals surface area contributed by atoms with Crippen molar-refractivity contribution < 1.29 is 14.4 Å². The van der Waals surface area contributed by atoms with Gasteiger partial charge < -0.3 is 4.57 Å². The number of carbonyl (C=O) groups excluding carboxylic acids is 3. The van der Waals surface area contributed by atoms with Crippen LogP contribution in [0.25, 0.3) is 10.9 Å². The van der Waals surface area contributed by atoms with E-state index < -0.39 is 5.92 Å². The molecule has 5 rings (SSSR count). The lowest BCUT2D eigenvalue weighted by atomic mass is 9.96. The topological polar surface area (TPSA) is 59.4 Å². The minimum absolute atomic E-state index is 0.0339. The number of fused-ring (bicyclic) bond motifs is 1. The zero-order chi connectivity index (χ0) is 22.2. The van der Waals surface area contributed by atoms with E-state index >= 15 is 0 Å². The second-order valence-corrected chi connectivity index (χ2v) is 8.15. The third-order valence-electron chi connectivity index (χ3n) is 6.05. The molecule has 1 unspecified atom stereocenters. The van der Waals surface area contributed by atoms with E-state index in [0.717, 1.165) is 22.0 Å². The molecule has 32 heavy (non-hydrogen) atoms. The summed E-state index contributed by atoms with van der Waals surface area (Å²) in [7, 11) is 0. The van der Waals surface area contributed by atoms with E-state index in [9.17, 15) is 14.4 Å².